The molecule has 0 atom stereocenters. The van der Waals surface area contributed by atoms with Crippen LogP contribution in [0.5, 0.6) is 0 Å². The molecule has 0 unspecified atom stereocenters. The van der Waals surface area contributed by atoms with E-state index in [2.05, 4.69) is 11.6 Å². The first kappa shape index (κ1) is 11.5. The van der Waals surface area contributed by atoms with Gasteiger partial charge in [0.25, 0.3) is 0 Å². The van der Waals surface area contributed by atoms with E-state index >= 15 is 0 Å². The monoisotopic (exact) mass is 225 g/mol. The minimum Gasteiger partial charge on any atom is -0.294 e. The lowest BCUT2D eigenvalue weighted by molar-refractivity contribution is 0.0994. The molecule has 2 nitrogen and oxygen atoms in total. The van der Waals surface area contributed by atoms with E-state index in [9.17, 15) is 4.79 Å². The maximum atomic E-state index is 12.1. The number of carbonyl (C=O) groups excluding carboxylic acids is 1. The number of aryl methyl sites for hydroxylation is 1. The van der Waals surface area contributed by atoms with Crippen LogP contribution >= 0.6 is 0 Å². The first-order valence-corrected chi connectivity index (χ1v) is 5.62. The standard InChI is InChI=1S/C15H15NO/c1-10(2)8-15(17)13-9-11(3)16-14-7-5-4-6-12(13)14/h4-7,9H,1,8H2,2-3H3. The summed E-state index contributed by atoms with van der Waals surface area (Å²) in [6.45, 7) is 7.56. The van der Waals surface area contributed by atoms with Crippen molar-refractivity contribution in [3.05, 3.63) is 53.7 Å². The molecule has 0 saturated heterocycles. The third kappa shape index (κ3) is 2.41. The molecule has 2 aromatic rings. The number of Topliss-reactive ketones (excluding diaryl/α,β-unsaturated/α-hetero) is 1. The van der Waals surface area contributed by atoms with E-state index in [0.29, 0.717) is 6.42 Å². The van der Waals surface area contributed by atoms with Crippen LogP contribution < -0.4 is 0 Å². The van der Waals surface area contributed by atoms with Crippen molar-refractivity contribution in [3.8, 4) is 0 Å². The summed E-state index contributed by atoms with van der Waals surface area (Å²) in [4.78, 5) is 16.6. The van der Waals surface area contributed by atoms with Crippen molar-refractivity contribution in [1.29, 1.82) is 0 Å². The largest absolute Gasteiger partial charge is 0.294 e. The Balaban J connectivity index is 2.59. The van der Waals surface area contributed by atoms with Crippen LogP contribution in [0.2, 0.25) is 0 Å². The third-order valence-corrected chi connectivity index (χ3v) is 2.61. The minimum absolute atomic E-state index is 0.110. The second-order valence-corrected chi connectivity index (χ2v) is 4.39. The van der Waals surface area contributed by atoms with Gasteiger partial charge >= 0.3 is 0 Å². The molecule has 0 N–H and O–H groups in total. The smallest absolute Gasteiger partial charge is 0.167 e. The van der Waals surface area contributed by atoms with E-state index in [0.717, 1.165) is 27.7 Å². The lowest BCUT2D eigenvalue weighted by Gasteiger charge is -2.06. The number of allylic oxidation sites excluding steroid dienone is 1. The van der Waals surface area contributed by atoms with Crippen molar-refractivity contribution in [2.24, 2.45) is 0 Å². The van der Waals surface area contributed by atoms with Gasteiger partial charge in [0.15, 0.2) is 5.78 Å². The summed E-state index contributed by atoms with van der Waals surface area (Å²) in [6, 6.07) is 9.58. The van der Waals surface area contributed by atoms with Gasteiger partial charge in [-0.1, -0.05) is 30.4 Å². The summed E-state index contributed by atoms with van der Waals surface area (Å²) in [7, 11) is 0. The summed E-state index contributed by atoms with van der Waals surface area (Å²) in [5, 5.41) is 0.921. The summed E-state index contributed by atoms with van der Waals surface area (Å²) >= 11 is 0. The van der Waals surface area contributed by atoms with Crippen LogP contribution in [0.25, 0.3) is 10.9 Å². The molecular weight excluding hydrogens is 210 g/mol. The summed E-state index contributed by atoms with van der Waals surface area (Å²) in [5.41, 5.74) is 3.37. The maximum Gasteiger partial charge on any atom is 0.167 e. The molecule has 0 aliphatic heterocycles. The van der Waals surface area contributed by atoms with Crippen molar-refractivity contribution in [3.63, 3.8) is 0 Å². The number of aromatic nitrogens is 1. The fourth-order valence-electron chi connectivity index (χ4n) is 1.91. The van der Waals surface area contributed by atoms with Crippen LogP contribution in [0.4, 0.5) is 0 Å². The molecule has 1 heterocycles. The number of benzene rings is 1. The molecule has 0 fully saturated rings. The number of nitrogens with zero attached hydrogens (tertiary/aromatic N) is 1. The molecule has 0 radical (unpaired) electrons. The van der Waals surface area contributed by atoms with Gasteiger partial charge in [0.05, 0.1) is 5.52 Å². The van der Waals surface area contributed by atoms with E-state index < -0.39 is 0 Å². The Bertz CT molecular complexity index is 599. The van der Waals surface area contributed by atoms with Crippen molar-refractivity contribution < 1.29 is 4.79 Å². The van der Waals surface area contributed by atoms with Crippen LogP contribution in [0.3, 0.4) is 0 Å². The Hall–Kier alpha value is -1.96. The highest BCUT2D eigenvalue weighted by molar-refractivity contribution is 6.08. The molecule has 0 bridgehead atoms. The van der Waals surface area contributed by atoms with E-state index in [-0.39, 0.29) is 5.78 Å². The van der Waals surface area contributed by atoms with Gasteiger partial charge in [-0.15, -0.1) is 0 Å². The predicted octanol–water partition coefficient (Wildman–Crippen LogP) is 3.69. The average Bonchev–Trinajstić information content (AvgIpc) is 2.26. The van der Waals surface area contributed by atoms with Crippen molar-refractivity contribution in [1.82, 2.24) is 4.98 Å². The number of hydrogen-bond acceptors (Lipinski definition) is 2. The normalized spacial score (nSPS) is 10.5. The van der Waals surface area contributed by atoms with Crippen molar-refractivity contribution in [2.75, 3.05) is 0 Å². The van der Waals surface area contributed by atoms with E-state index in [1.165, 1.54) is 0 Å². The molecule has 0 amide bonds. The first-order chi connectivity index (χ1) is 8.08. The Morgan fingerprint density at radius 3 is 2.76 bits per heavy atom. The van der Waals surface area contributed by atoms with Gasteiger partial charge < -0.3 is 0 Å². The number of para-hydroxylation sites is 1. The zero-order valence-electron chi connectivity index (χ0n) is 10.2. The quantitative estimate of drug-likeness (QED) is 0.589. The fourth-order valence-corrected chi connectivity index (χ4v) is 1.91. The van der Waals surface area contributed by atoms with Crippen LogP contribution in [0, 0.1) is 6.92 Å². The van der Waals surface area contributed by atoms with Gasteiger partial charge in [-0.25, -0.2) is 0 Å². The molecule has 17 heavy (non-hydrogen) atoms. The van der Waals surface area contributed by atoms with Gasteiger partial charge in [-0.05, 0) is 26.0 Å². The minimum atomic E-state index is 0.110. The summed E-state index contributed by atoms with van der Waals surface area (Å²) < 4.78 is 0. The van der Waals surface area contributed by atoms with Gasteiger partial charge in [0.1, 0.15) is 0 Å². The van der Waals surface area contributed by atoms with Crippen molar-refractivity contribution in [2.45, 2.75) is 20.3 Å². The number of hydrogen-bond donors (Lipinski definition) is 0. The summed E-state index contributed by atoms with van der Waals surface area (Å²) in [5.74, 6) is 0.110. The molecular formula is C15H15NO. The highest BCUT2D eigenvalue weighted by Gasteiger charge is 2.11. The zero-order chi connectivity index (χ0) is 12.4. The molecule has 0 spiro atoms. The molecule has 1 aromatic carbocycles. The number of carbonyl (C=O) groups is 1. The predicted molar refractivity (Wildman–Crippen MR) is 70.2 cm³/mol. The van der Waals surface area contributed by atoms with Crippen molar-refractivity contribution >= 4 is 16.7 Å². The van der Waals surface area contributed by atoms with Crippen LogP contribution in [0.1, 0.15) is 29.4 Å². The first-order valence-electron chi connectivity index (χ1n) is 5.62. The Labute approximate surface area is 101 Å². The van der Waals surface area contributed by atoms with Gasteiger partial charge in [-0.2, -0.15) is 0 Å². The highest BCUT2D eigenvalue weighted by Crippen LogP contribution is 2.20. The molecule has 0 aliphatic carbocycles. The second kappa shape index (κ2) is 4.50. The third-order valence-electron chi connectivity index (χ3n) is 2.61. The zero-order valence-corrected chi connectivity index (χ0v) is 10.2. The van der Waals surface area contributed by atoms with Crippen LogP contribution in [0.15, 0.2) is 42.5 Å². The molecule has 2 rings (SSSR count). The lowest BCUT2D eigenvalue weighted by Crippen LogP contribution is -2.02. The molecule has 1 aromatic heterocycles. The second-order valence-electron chi connectivity index (χ2n) is 4.39. The molecule has 0 saturated carbocycles. The Morgan fingerprint density at radius 1 is 1.35 bits per heavy atom. The van der Waals surface area contributed by atoms with Gasteiger partial charge in [0.2, 0.25) is 0 Å². The van der Waals surface area contributed by atoms with E-state index in [1.54, 1.807) is 0 Å². The van der Waals surface area contributed by atoms with Gasteiger partial charge in [0, 0.05) is 23.1 Å². The Kier molecular flexibility index (Phi) is 3.05. The molecule has 86 valence electrons. The van der Waals surface area contributed by atoms with E-state index in [4.69, 9.17) is 0 Å². The highest BCUT2D eigenvalue weighted by atomic mass is 16.1. The molecule has 0 aliphatic rings. The number of pyridine rings is 1. The number of ketones is 1. The maximum absolute atomic E-state index is 12.1. The Morgan fingerprint density at radius 2 is 2.06 bits per heavy atom. The fraction of sp³-hybridized carbons (Fsp3) is 0.200. The van der Waals surface area contributed by atoms with E-state index in [1.807, 2.05) is 44.2 Å². The number of fused-ring (bicyclic) bond motifs is 1. The lowest BCUT2D eigenvalue weighted by atomic mass is 10.00. The summed E-state index contributed by atoms with van der Waals surface area (Å²) in [6.07, 6.45) is 0.396. The SMILES string of the molecule is C=C(C)CC(=O)c1cc(C)nc2ccccc12. The average molecular weight is 225 g/mol. The van der Waals surface area contributed by atoms with Crippen LogP contribution in [-0.4, -0.2) is 10.8 Å². The van der Waals surface area contributed by atoms with Crippen LogP contribution in [-0.2, 0) is 0 Å². The number of rotatable bonds is 3. The topological polar surface area (TPSA) is 30.0 Å². The molecule has 2 heteroatoms. The van der Waals surface area contributed by atoms with Gasteiger partial charge in [-0.3, -0.25) is 9.78 Å².